The molecular formula is C18H21O12Sb. The van der Waals surface area contributed by atoms with E-state index >= 15 is 0 Å². The Morgan fingerprint density at radius 3 is 0.742 bits per heavy atom. The first-order chi connectivity index (χ1) is 13.8. The van der Waals surface area contributed by atoms with Crippen LogP contribution in [0.3, 0.4) is 0 Å². The summed E-state index contributed by atoms with van der Waals surface area (Å²) >= 11 is 0. The van der Waals surface area contributed by atoms with Gasteiger partial charge in [-0.25, -0.2) is 14.4 Å². The van der Waals surface area contributed by atoms with Gasteiger partial charge in [-0.15, -0.1) is 0 Å². The Hall–Kier alpha value is -3.14. The molecule has 0 saturated carbocycles. The van der Waals surface area contributed by atoms with Crippen LogP contribution >= 0.6 is 0 Å². The number of allylic oxidation sites excluding steroid dienone is 3. The fraction of sp³-hybridized carbons (Fsp3) is 0.333. The smallest absolute Gasteiger partial charge is 0.545 e. The number of rotatable bonds is 9. The van der Waals surface area contributed by atoms with Gasteiger partial charge in [-0.2, -0.15) is 0 Å². The van der Waals surface area contributed by atoms with Crippen molar-refractivity contribution in [3.8, 4) is 0 Å². The van der Waals surface area contributed by atoms with Crippen LogP contribution in [-0.2, 0) is 28.8 Å². The summed E-state index contributed by atoms with van der Waals surface area (Å²) < 4.78 is 0. The molecular weight excluding hydrogens is 530 g/mol. The van der Waals surface area contributed by atoms with Crippen LogP contribution in [0, 0.1) is 0 Å². The van der Waals surface area contributed by atoms with Crippen LogP contribution in [0.1, 0.15) is 40.0 Å². The Bertz CT molecular complexity index is 599. The number of hydrogen-bond acceptors (Lipinski definition) is 9. The van der Waals surface area contributed by atoms with E-state index in [0.29, 0.717) is 19.3 Å². The van der Waals surface area contributed by atoms with E-state index in [2.05, 4.69) is 0 Å². The van der Waals surface area contributed by atoms with Crippen LogP contribution in [0.4, 0.5) is 0 Å². The van der Waals surface area contributed by atoms with Crippen molar-refractivity contribution in [1.82, 2.24) is 0 Å². The van der Waals surface area contributed by atoms with Gasteiger partial charge in [-0.1, -0.05) is 39.0 Å². The molecule has 13 heteroatoms. The summed E-state index contributed by atoms with van der Waals surface area (Å²) in [6.45, 7) is 4.93. The van der Waals surface area contributed by atoms with Crippen molar-refractivity contribution < 1.29 is 59.4 Å². The third-order valence-corrected chi connectivity index (χ3v) is 2.58. The van der Waals surface area contributed by atoms with Crippen molar-refractivity contribution in [3.63, 3.8) is 0 Å². The van der Waals surface area contributed by atoms with E-state index in [1.807, 2.05) is 0 Å². The summed E-state index contributed by atoms with van der Waals surface area (Å²) in [6, 6.07) is 0. The predicted molar refractivity (Wildman–Crippen MR) is 98.8 cm³/mol. The molecule has 0 saturated heterocycles. The van der Waals surface area contributed by atoms with Crippen LogP contribution in [0.15, 0.2) is 34.9 Å². The van der Waals surface area contributed by atoms with Gasteiger partial charge < -0.3 is 45.0 Å². The Labute approximate surface area is 194 Å². The van der Waals surface area contributed by atoms with Crippen LogP contribution in [-0.4, -0.2) is 75.6 Å². The number of hydrogen-bond donors (Lipinski definition) is 3. The standard InChI is InChI=1S/3C6H8O4.Sb/c3*1-2-3-4(5(7)8)6(9)10;/h3*3H,2H2,1H3,(H,7,8)(H,9,10);/q;;;+3/p-3. The molecule has 0 aliphatic heterocycles. The normalized spacial score (nSPS) is 10.7. The van der Waals surface area contributed by atoms with Crippen molar-refractivity contribution in [2.24, 2.45) is 0 Å². The first-order valence-corrected chi connectivity index (χ1v) is 8.22. The van der Waals surface area contributed by atoms with Gasteiger partial charge in [0.15, 0.2) is 0 Å². The molecule has 0 atom stereocenters. The fourth-order valence-corrected chi connectivity index (χ4v) is 1.39. The summed E-state index contributed by atoms with van der Waals surface area (Å²) in [5.41, 5.74) is -2.03. The van der Waals surface area contributed by atoms with Crippen LogP contribution in [0.25, 0.3) is 0 Å². The fourth-order valence-electron chi connectivity index (χ4n) is 1.39. The minimum absolute atomic E-state index is 0. The van der Waals surface area contributed by atoms with Gasteiger partial charge >= 0.3 is 42.3 Å². The number of carboxylic acids is 6. The zero-order chi connectivity index (χ0) is 24.4. The van der Waals surface area contributed by atoms with E-state index in [1.165, 1.54) is 0 Å². The molecule has 0 bridgehead atoms. The van der Waals surface area contributed by atoms with E-state index in [0.717, 1.165) is 18.2 Å². The second-order valence-electron chi connectivity index (χ2n) is 4.86. The van der Waals surface area contributed by atoms with Crippen molar-refractivity contribution >= 4 is 60.2 Å². The van der Waals surface area contributed by atoms with E-state index in [9.17, 15) is 44.1 Å². The molecule has 0 unspecified atom stereocenters. The maximum absolute atomic E-state index is 10.0. The zero-order valence-corrected chi connectivity index (χ0v) is 19.4. The molecule has 31 heavy (non-hydrogen) atoms. The molecule has 0 aliphatic rings. The third-order valence-electron chi connectivity index (χ3n) is 2.58. The summed E-state index contributed by atoms with van der Waals surface area (Å²) in [5.74, 6) is -9.30. The number of carboxylic acid groups (broad SMARTS) is 6. The van der Waals surface area contributed by atoms with Crippen molar-refractivity contribution in [3.05, 3.63) is 34.9 Å². The maximum atomic E-state index is 10.0. The molecule has 0 fully saturated rings. The second-order valence-corrected chi connectivity index (χ2v) is 4.86. The largest absolute Gasteiger partial charge is 3.00 e. The number of aliphatic carboxylic acids is 6. The summed E-state index contributed by atoms with van der Waals surface area (Å²) in [7, 11) is 0. The van der Waals surface area contributed by atoms with E-state index in [4.69, 9.17) is 15.3 Å². The Kier molecular flexibility index (Phi) is 22.9. The molecule has 0 amide bonds. The topological polar surface area (TPSA) is 232 Å². The predicted octanol–water partition coefficient (Wildman–Crippen LogP) is -2.91. The first kappa shape index (κ1) is 35.3. The molecule has 12 nitrogen and oxygen atoms in total. The Morgan fingerprint density at radius 2 is 0.710 bits per heavy atom. The molecule has 0 aromatic rings. The van der Waals surface area contributed by atoms with Crippen LogP contribution in [0.5, 0.6) is 0 Å². The second kappa shape index (κ2) is 20.1. The Morgan fingerprint density at radius 1 is 0.548 bits per heavy atom. The van der Waals surface area contributed by atoms with E-state index < -0.39 is 52.5 Å². The van der Waals surface area contributed by atoms with Gasteiger partial charge in [0.05, 0.1) is 34.6 Å². The Balaban J connectivity index is -0.000000174. The number of carbonyl (C=O) groups is 6. The average Bonchev–Trinajstić information content (AvgIpc) is 2.61. The van der Waals surface area contributed by atoms with Gasteiger partial charge in [0.1, 0.15) is 0 Å². The minimum Gasteiger partial charge on any atom is -0.545 e. The molecule has 2 radical (unpaired) electrons. The first-order valence-electron chi connectivity index (χ1n) is 8.22. The van der Waals surface area contributed by atoms with Crippen molar-refractivity contribution in [1.29, 1.82) is 0 Å². The maximum Gasteiger partial charge on any atom is 3.00 e. The number of carbonyl (C=O) groups excluding carboxylic acids is 3. The third kappa shape index (κ3) is 18.6. The molecule has 0 aromatic carbocycles. The van der Waals surface area contributed by atoms with Gasteiger partial charge in [-0.05, 0) is 19.3 Å². The molecule has 3 N–H and O–H groups in total. The molecule has 0 rings (SSSR count). The minimum atomic E-state index is -1.64. The molecule has 170 valence electrons. The van der Waals surface area contributed by atoms with Crippen LogP contribution < -0.4 is 15.3 Å². The van der Waals surface area contributed by atoms with E-state index in [1.54, 1.807) is 20.8 Å². The van der Waals surface area contributed by atoms with Gasteiger partial charge in [0, 0.05) is 0 Å². The molecule has 0 aromatic heterocycles. The van der Waals surface area contributed by atoms with E-state index in [-0.39, 0.29) is 24.4 Å². The van der Waals surface area contributed by atoms with Crippen molar-refractivity contribution in [2.75, 3.05) is 0 Å². The van der Waals surface area contributed by atoms with Crippen LogP contribution in [0.2, 0.25) is 0 Å². The monoisotopic (exact) mass is 550 g/mol. The summed E-state index contributed by atoms with van der Waals surface area (Å²) in [4.78, 5) is 60.0. The molecule has 0 heterocycles. The summed E-state index contributed by atoms with van der Waals surface area (Å²) in [5, 5.41) is 54.5. The summed E-state index contributed by atoms with van der Waals surface area (Å²) in [6.07, 6.45) is 4.40. The zero-order valence-electron chi connectivity index (χ0n) is 16.8. The quantitative estimate of drug-likeness (QED) is 0.113. The average molecular weight is 551 g/mol. The van der Waals surface area contributed by atoms with Crippen molar-refractivity contribution in [2.45, 2.75) is 40.0 Å². The van der Waals surface area contributed by atoms with Gasteiger partial charge in [0.25, 0.3) is 0 Å². The van der Waals surface area contributed by atoms with Gasteiger partial charge in [0.2, 0.25) is 0 Å². The SMILES string of the molecule is CC/C=C(\C(=O)[O-])C(=O)O.CC/C=C(\C(=O)[O-])C(=O)O.CC/C=C(\C(=O)[O-])C(=O)O.[Sb+3]. The molecule has 0 spiro atoms. The molecule has 0 aliphatic carbocycles. The van der Waals surface area contributed by atoms with Gasteiger partial charge in [-0.3, -0.25) is 0 Å².